The summed E-state index contributed by atoms with van der Waals surface area (Å²) in [5, 5.41) is 2.95. The van der Waals surface area contributed by atoms with Gasteiger partial charge in [-0.1, -0.05) is 0 Å². The predicted octanol–water partition coefficient (Wildman–Crippen LogP) is 1.48. The molecule has 1 rings (SSSR count). The molecule has 0 aliphatic rings. The van der Waals surface area contributed by atoms with Crippen molar-refractivity contribution in [1.82, 2.24) is 4.98 Å². The zero-order valence-electron chi connectivity index (χ0n) is 6.89. The molecule has 0 aromatic carbocycles. The SMILES string of the molecule is CNc1c(N)cnc(OC)c1Br. The molecule has 1 heterocycles. The molecule has 0 radical (unpaired) electrons. The fourth-order valence-electron chi connectivity index (χ4n) is 0.879. The minimum Gasteiger partial charge on any atom is -0.480 e. The number of ether oxygens (including phenoxy) is 1. The number of nitrogens with one attached hydrogen (secondary N) is 1. The smallest absolute Gasteiger partial charge is 0.229 e. The molecule has 12 heavy (non-hydrogen) atoms. The van der Waals surface area contributed by atoms with Gasteiger partial charge < -0.3 is 15.8 Å². The van der Waals surface area contributed by atoms with Gasteiger partial charge in [-0.25, -0.2) is 4.98 Å². The molecule has 0 atom stereocenters. The van der Waals surface area contributed by atoms with Crippen molar-refractivity contribution in [2.24, 2.45) is 0 Å². The second kappa shape index (κ2) is 3.62. The normalized spacial score (nSPS) is 9.58. The number of methoxy groups -OCH3 is 1. The van der Waals surface area contributed by atoms with E-state index in [0.717, 1.165) is 10.2 Å². The fourth-order valence-corrected chi connectivity index (χ4v) is 1.57. The maximum atomic E-state index is 5.64. The third-order valence-corrected chi connectivity index (χ3v) is 2.20. The lowest BCUT2D eigenvalue weighted by Gasteiger charge is -2.09. The second-order valence-corrected chi connectivity index (χ2v) is 2.95. The van der Waals surface area contributed by atoms with Gasteiger partial charge in [-0.2, -0.15) is 0 Å². The number of rotatable bonds is 2. The molecule has 0 amide bonds. The monoisotopic (exact) mass is 231 g/mol. The minimum absolute atomic E-state index is 0.522. The molecule has 0 saturated heterocycles. The lowest BCUT2D eigenvalue weighted by atomic mass is 10.3. The number of nitrogen functional groups attached to an aromatic ring is 1. The van der Waals surface area contributed by atoms with E-state index in [1.807, 2.05) is 0 Å². The number of anilines is 2. The van der Waals surface area contributed by atoms with Crippen LogP contribution < -0.4 is 15.8 Å². The van der Waals surface area contributed by atoms with Gasteiger partial charge in [0.15, 0.2) is 0 Å². The van der Waals surface area contributed by atoms with Gasteiger partial charge in [0.2, 0.25) is 5.88 Å². The first-order chi connectivity index (χ1) is 5.70. The van der Waals surface area contributed by atoms with Gasteiger partial charge in [0.05, 0.1) is 24.7 Å². The lowest BCUT2D eigenvalue weighted by molar-refractivity contribution is 0.395. The van der Waals surface area contributed by atoms with Gasteiger partial charge in [0.25, 0.3) is 0 Å². The third-order valence-electron chi connectivity index (χ3n) is 1.46. The van der Waals surface area contributed by atoms with Crippen LogP contribution in [0.1, 0.15) is 0 Å². The Morgan fingerprint density at radius 2 is 2.33 bits per heavy atom. The maximum absolute atomic E-state index is 5.64. The zero-order valence-corrected chi connectivity index (χ0v) is 8.47. The van der Waals surface area contributed by atoms with Crippen LogP contribution in [0.25, 0.3) is 0 Å². The molecule has 1 aromatic rings. The summed E-state index contributed by atoms with van der Waals surface area (Å²) in [5.74, 6) is 0.522. The highest BCUT2D eigenvalue weighted by molar-refractivity contribution is 9.10. The predicted molar refractivity (Wildman–Crippen MR) is 52.4 cm³/mol. The Balaban J connectivity index is 3.24. The van der Waals surface area contributed by atoms with Gasteiger partial charge >= 0.3 is 0 Å². The van der Waals surface area contributed by atoms with Crippen molar-refractivity contribution < 1.29 is 4.74 Å². The molecular weight excluding hydrogens is 222 g/mol. The van der Waals surface area contributed by atoms with Crippen LogP contribution in [0.4, 0.5) is 11.4 Å². The van der Waals surface area contributed by atoms with Crippen molar-refractivity contribution in [3.05, 3.63) is 10.7 Å². The number of aromatic nitrogens is 1. The summed E-state index contributed by atoms with van der Waals surface area (Å²) < 4.78 is 5.73. The van der Waals surface area contributed by atoms with E-state index in [1.54, 1.807) is 20.4 Å². The highest BCUT2D eigenvalue weighted by atomic mass is 79.9. The van der Waals surface area contributed by atoms with E-state index in [2.05, 4.69) is 26.2 Å². The van der Waals surface area contributed by atoms with E-state index in [1.165, 1.54) is 0 Å². The first-order valence-corrected chi connectivity index (χ1v) is 4.15. The fraction of sp³-hybridized carbons (Fsp3) is 0.286. The van der Waals surface area contributed by atoms with Crippen LogP contribution in [0.3, 0.4) is 0 Å². The number of pyridine rings is 1. The van der Waals surface area contributed by atoms with Gasteiger partial charge in [-0.15, -0.1) is 0 Å². The van der Waals surface area contributed by atoms with Crippen molar-refractivity contribution in [3.8, 4) is 5.88 Å². The Morgan fingerprint density at radius 1 is 1.67 bits per heavy atom. The summed E-state index contributed by atoms with van der Waals surface area (Å²) in [6.07, 6.45) is 1.55. The quantitative estimate of drug-likeness (QED) is 0.810. The summed E-state index contributed by atoms with van der Waals surface area (Å²) in [6.45, 7) is 0. The van der Waals surface area contributed by atoms with Gasteiger partial charge in [-0.05, 0) is 15.9 Å². The Bertz CT molecular complexity index is 290. The Kier molecular flexibility index (Phi) is 2.75. The van der Waals surface area contributed by atoms with Gasteiger partial charge in [0.1, 0.15) is 4.47 Å². The standard InChI is InChI=1S/C7H10BrN3O/c1-10-6-4(9)3-11-7(12-2)5(6)8/h3H,9H2,1-2H3,(H,10,11). The Hall–Kier alpha value is -0.970. The van der Waals surface area contributed by atoms with E-state index in [4.69, 9.17) is 10.5 Å². The molecule has 66 valence electrons. The summed E-state index contributed by atoms with van der Waals surface area (Å²) in [6, 6.07) is 0. The molecular formula is C7H10BrN3O. The van der Waals surface area contributed by atoms with Crippen LogP contribution in [-0.4, -0.2) is 19.1 Å². The molecule has 0 bridgehead atoms. The van der Waals surface area contributed by atoms with E-state index >= 15 is 0 Å². The Labute approximate surface area is 79.3 Å². The molecule has 4 nitrogen and oxygen atoms in total. The molecule has 3 N–H and O–H groups in total. The topological polar surface area (TPSA) is 60.2 Å². The van der Waals surface area contributed by atoms with Crippen LogP contribution in [-0.2, 0) is 0 Å². The number of nitrogens with two attached hydrogens (primary N) is 1. The summed E-state index contributed by atoms with van der Waals surface area (Å²) >= 11 is 3.32. The van der Waals surface area contributed by atoms with Gasteiger partial charge in [0, 0.05) is 7.05 Å². The average molecular weight is 232 g/mol. The van der Waals surface area contributed by atoms with E-state index in [-0.39, 0.29) is 0 Å². The molecule has 0 spiro atoms. The first-order valence-electron chi connectivity index (χ1n) is 3.36. The molecule has 0 aliphatic carbocycles. The number of halogens is 1. The van der Waals surface area contributed by atoms with Crippen molar-refractivity contribution >= 4 is 27.3 Å². The average Bonchev–Trinajstić information content (AvgIpc) is 2.06. The molecule has 5 heteroatoms. The molecule has 0 unspecified atom stereocenters. The number of hydrogen-bond donors (Lipinski definition) is 2. The molecule has 0 aliphatic heterocycles. The highest BCUT2D eigenvalue weighted by Gasteiger charge is 2.09. The van der Waals surface area contributed by atoms with Crippen LogP contribution in [0.15, 0.2) is 10.7 Å². The van der Waals surface area contributed by atoms with Gasteiger partial charge in [-0.3, -0.25) is 0 Å². The summed E-state index contributed by atoms with van der Waals surface area (Å²) in [7, 11) is 3.35. The van der Waals surface area contributed by atoms with Crippen LogP contribution >= 0.6 is 15.9 Å². The van der Waals surface area contributed by atoms with Crippen LogP contribution in [0, 0.1) is 0 Å². The van der Waals surface area contributed by atoms with Crippen molar-refractivity contribution in [2.75, 3.05) is 25.2 Å². The first kappa shape index (κ1) is 9.12. The maximum Gasteiger partial charge on any atom is 0.229 e. The highest BCUT2D eigenvalue weighted by Crippen LogP contribution is 2.34. The lowest BCUT2D eigenvalue weighted by Crippen LogP contribution is -2.00. The van der Waals surface area contributed by atoms with Crippen molar-refractivity contribution in [3.63, 3.8) is 0 Å². The number of nitrogens with zero attached hydrogens (tertiary/aromatic N) is 1. The molecule has 0 saturated carbocycles. The zero-order chi connectivity index (χ0) is 9.14. The minimum atomic E-state index is 0.522. The summed E-state index contributed by atoms with van der Waals surface area (Å²) in [5.41, 5.74) is 7.03. The van der Waals surface area contributed by atoms with E-state index in [9.17, 15) is 0 Å². The molecule has 0 fully saturated rings. The van der Waals surface area contributed by atoms with Crippen LogP contribution in [0.2, 0.25) is 0 Å². The van der Waals surface area contributed by atoms with Crippen molar-refractivity contribution in [1.29, 1.82) is 0 Å². The molecule has 1 aromatic heterocycles. The van der Waals surface area contributed by atoms with E-state index in [0.29, 0.717) is 11.6 Å². The third kappa shape index (κ3) is 1.45. The number of hydrogen-bond acceptors (Lipinski definition) is 4. The van der Waals surface area contributed by atoms with Crippen molar-refractivity contribution in [2.45, 2.75) is 0 Å². The second-order valence-electron chi connectivity index (χ2n) is 2.16. The Morgan fingerprint density at radius 3 is 2.83 bits per heavy atom. The largest absolute Gasteiger partial charge is 0.480 e. The van der Waals surface area contributed by atoms with Crippen LogP contribution in [0.5, 0.6) is 5.88 Å². The van der Waals surface area contributed by atoms with E-state index < -0.39 is 0 Å². The summed E-state index contributed by atoms with van der Waals surface area (Å²) in [4.78, 5) is 3.97.